The van der Waals surface area contributed by atoms with Gasteiger partial charge in [0.1, 0.15) is 0 Å². The van der Waals surface area contributed by atoms with E-state index in [1.54, 1.807) is 0 Å². The van der Waals surface area contributed by atoms with Gasteiger partial charge in [0.25, 0.3) is 0 Å². The van der Waals surface area contributed by atoms with Crippen molar-refractivity contribution in [3.63, 3.8) is 0 Å². The van der Waals surface area contributed by atoms with E-state index in [0.717, 1.165) is 5.92 Å². The van der Waals surface area contributed by atoms with Crippen LogP contribution in [0.4, 0.5) is 0 Å². The molecule has 0 heteroatoms. The lowest BCUT2D eigenvalue weighted by Crippen LogP contribution is -2.11. The van der Waals surface area contributed by atoms with Gasteiger partial charge < -0.3 is 0 Å². The van der Waals surface area contributed by atoms with Crippen molar-refractivity contribution in [2.45, 2.75) is 79.6 Å². The Kier molecular flexibility index (Phi) is 7.31. The maximum Gasteiger partial charge on any atom is -0.0354 e. The molecule has 0 aliphatic rings. The van der Waals surface area contributed by atoms with Crippen molar-refractivity contribution < 1.29 is 0 Å². The zero-order valence-corrected chi connectivity index (χ0v) is 11.0. The highest BCUT2D eigenvalue weighted by atomic mass is 14.2. The molecule has 0 heterocycles. The minimum atomic E-state index is 0.587. The summed E-state index contributed by atoms with van der Waals surface area (Å²) in [6, 6.07) is 0. The molecule has 0 aliphatic heterocycles. The van der Waals surface area contributed by atoms with Gasteiger partial charge in [-0.05, 0) is 24.2 Å². The highest BCUT2D eigenvalue weighted by Gasteiger charge is 2.16. The van der Waals surface area contributed by atoms with Crippen molar-refractivity contribution in [1.82, 2.24) is 0 Å². The lowest BCUT2D eigenvalue weighted by Gasteiger charge is -2.25. The smallest absolute Gasteiger partial charge is 0.0354 e. The van der Waals surface area contributed by atoms with Gasteiger partial charge in [-0.25, -0.2) is 0 Å². The molecule has 0 aromatic rings. The molecule has 0 aromatic heterocycles. The van der Waals surface area contributed by atoms with Gasteiger partial charge in [0.15, 0.2) is 0 Å². The van der Waals surface area contributed by atoms with Crippen LogP contribution in [0.2, 0.25) is 0 Å². The fraction of sp³-hybridized carbons (Fsp3) is 1.00. The van der Waals surface area contributed by atoms with Crippen LogP contribution in [-0.2, 0) is 0 Å². The Hall–Kier alpha value is 0. The number of hydrogen-bond acceptors (Lipinski definition) is 0. The number of hydrogen-bond donors (Lipinski definition) is 0. The number of rotatable bonds is 8. The normalized spacial score (nSPS) is 14.4. The molecule has 14 heavy (non-hydrogen) atoms. The van der Waals surface area contributed by atoms with Crippen LogP contribution in [0.25, 0.3) is 0 Å². The average molecular weight is 198 g/mol. The van der Waals surface area contributed by atoms with Gasteiger partial charge in [-0.3, -0.25) is 0 Å². The molecule has 1 unspecified atom stereocenters. The lowest BCUT2D eigenvalue weighted by molar-refractivity contribution is 0.278. The van der Waals surface area contributed by atoms with Crippen LogP contribution in [0.1, 0.15) is 79.6 Å². The van der Waals surface area contributed by atoms with Crippen molar-refractivity contribution >= 4 is 0 Å². The third kappa shape index (κ3) is 7.41. The molecule has 1 atom stereocenters. The topological polar surface area (TPSA) is 0 Å². The summed E-state index contributed by atoms with van der Waals surface area (Å²) < 4.78 is 0. The molecule has 0 fully saturated rings. The first-order chi connectivity index (χ1) is 6.52. The van der Waals surface area contributed by atoms with Crippen LogP contribution < -0.4 is 0 Å². The summed E-state index contributed by atoms with van der Waals surface area (Å²) in [5.74, 6) is 0.928. The van der Waals surface area contributed by atoms with Gasteiger partial charge in [-0.15, -0.1) is 0 Å². The predicted octanol–water partition coefficient (Wildman–Crippen LogP) is 5.42. The first-order valence-corrected chi connectivity index (χ1v) is 6.52. The summed E-state index contributed by atoms with van der Waals surface area (Å²) in [6.45, 7) is 11.8. The van der Waals surface area contributed by atoms with Crippen LogP contribution in [0.15, 0.2) is 0 Å². The van der Waals surface area contributed by atoms with E-state index >= 15 is 0 Å². The van der Waals surface area contributed by atoms with E-state index in [1.165, 1.54) is 44.9 Å². The van der Waals surface area contributed by atoms with Crippen molar-refractivity contribution in [3.8, 4) is 0 Å². The van der Waals surface area contributed by atoms with E-state index in [9.17, 15) is 0 Å². The molecular formula is C14H30. The number of unbranched alkanes of at least 4 members (excludes halogenated alkanes) is 1. The summed E-state index contributed by atoms with van der Waals surface area (Å²) >= 11 is 0. The molecule has 0 rings (SSSR count). The quantitative estimate of drug-likeness (QED) is 0.488. The summed E-state index contributed by atoms with van der Waals surface area (Å²) in [7, 11) is 0. The maximum atomic E-state index is 2.43. The zero-order chi connectivity index (χ0) is 11.0. The van der Waals surface area contributed by atoms with Crippen LogP contribution in [-0.4, -0.2) is 0 Å². The van der Waals surface area contributed by atoms with E-state index in [2.05, 4.69) is 34.6 Å². The SMILES string of the molecule is CCCCC(C)(C)CCCC(C)CC. The Morgan fingerprint density at radius 3 is 2.07 bits per heavy atom. The second-order valence-corrected chi connectivity index (χ2v) is 5.67. The van der Waals surface area contributed by atoms with Crippen molar-refractivity contribution in [1.29, 1.82) is 0 Å². The fourth-order valence-electron chi connectivity index (χ4n) is 1.91. The molecule has 0 saturated carbocycles. The Morgan fingerprint density at radius 1 is 1.00 bits per heavy atom. The Morgan fingerprint density at radius 2 is 1.57 bits per heavy atom. The van der Waals surface area contributed by atoms with Crippen molar-refractivity contribution in [2.24, 2.45) is 11.3 Å². The van der Waals surface area contributed by atoms with E-state index in [0.29, 0.717) is 5.41 Å². The molecular weight excluding hydrogens is 168 g/mol. The van der Waals surface area contributed by atoms with Crippen LogP contribution >= 0.6 is 0 Å². The molecule has 0 saturated heterocycles. The minimum Gasteiger partial charge on any atom is -0.0654 e. The summed E-state index contributed by atoms with van der Waals surface area (Å²) in [6.07, 6.45) is 9.75. The first kappa shape index (κ1) is 14.0. The standard InChI is InChI=1S/C14H30/c1-6-8-11-14(4,5)12-9-10-13(3)7-2/h13H,6-12H2,1-5H3. The molecule has 0 bridgehead atoms. The monoisotopic (exact) mass is 198 g/mol. The highest BCUT2D eigenvalue weighted by Crippen LogP contribution is 2.30. The second kappa shape index (κ2) is 7.31. The molecule has 0 amide bonds. The van der Waals surface area contributed by atoms with Gasteiger partial charge >= 0.3 is 0 Å². The third-order valence-corrected chi connectivity index (χ3v) is 3.45. The van der Waals surface area contributed by atoms with E-state index in [4.69, 9.17) is 0 Å². The predicted molar refractivity (Wildman–Crippen MR) is 66.6 cm³/mol. The molecule has 0 nitrogen and oxygen atoms in total. The van der Waals surface area contributed by atoms with Crippen molar-refractivity contribution in [3.05, 3.63) is 0 Å². The minimum absolute atomic E-state index is 0.587. The van der Waals surface area contributed by atoms with Crippen LogP contribution in [0.3, 0.4) is 0 Å². The second-order valence-electron chi connectivity index (χ2n) is 5.67. The molecule has 0 aromatic carbocycles. The molecule has 0 N–H and O–H groups in total. The van der Waals surface area contributed by atoms with Crippen LogP contribution in [0, 0.1) is 11.3 Å². The van der Waals surface area contributed by atoms with Crippen LogP contribution in [0.5, 0.6) is 0 Å². The van der Waals surface area contributed by atoms with Gasteiger partial charge in [-0.2, -0.15) is 0 Å². The third-order valence-electron chi connectivity index (χ3n) is 3.45. The lowest BCUT2D eigenvalue weighted by atomic mass is 9.81. The highest BCUT2D eigenvalue weighted by molar-refractivity contribution is 4.68. The van der Waals surface area contributed by atoms with Gasteiger partial charge in [0, 0.05) is 0 Å². The summed E-state index contributed by atoms with van der Waals surface area (Å²) in [4.78, 5) is 0. The Bertz CT molecular complexity index is 124. The van der Waals surface area contributed by atoms with Gasteiger partial charge in [0.2, 0.25) is 0 Å². The van der Waals surface area contributed by atoms with Gasteiger partial charge in [-0.1, -0.05) is 66.7 Å². The average Bonchev–Trinajstić information content (AvgIpc) is 2.14. The summed E-state index contributed by atoms with van der Waals surface area (Å²) in [5, 5.41) is 0. The molecule has 0 aliphatic carbocycles. The molecule has 0 spiro atoms. The van der Waals surface area contributed by atoms with Gasteiger partial charge in [0.05, 0.1) is 0 Å². The maximum absolute atomic E-state index is 2.43. The van der Waals surface area contributed by atoms with E-state index < -0.39 is 0 Å². The molecule has 86 valence electrons. The zero-order valence-electron chi connectivity index (χ0n) is 11.0. The summed E-state index contributed by atoms with van der Waals surface area (Å²) in [5.41, 5.74) is 0.587. The van der Waals surface area contributed by atoms with E-state index in [1.807, 2.05) is 0 Å². The fourth-order valence-corrected chi connectivity index (χ4v) is 1.91. The van der Waals surface area contributed by atoms with E-state index in [-0.39, 0.29) is 0 Å². The Labute approximate surface area is 91.5 Å². The molecule has 0 radical (unpaired) electrons. The first-order valence-electron chi connectivity index (χ1n) is 6.52. The Balaban J connectivity index is 3.54. The largest absolute Gasteiger partial charge is 0.0654 e. The van der Waals surface area contributed by atoms with Crippen molar-refractivity contribution in [2.75, 3.05) is 0 Å².